The van der Waals surface area contributed by atoms with E-state index in [0.717, 1.165) is 28.1 Å². The van der Waals surface area contributed by atoms with Gasteiger partial charge in [-0.25, -0.2) is 4.68 Å². The normalized spacial score (nSPS) is 12.5. The van der Waals surface area contributed by atoms with Gasteiger partial charge < -0.3 is 14.8 Å². The molecule has 0 radical (unpaired) electrons. The van der Waals surface area contributed by atoms with E-state index < -0.39 is 0 Å². The van der Waals surface area contributed by atoms with E-state index in [1.54, 1.807) is 10.8 Å². The molecule has 1 aliphatic rings. The first kappa shape index (κ1) is 20.0. The van der Waals surface area contributed by atoms with Gasteiger partial charge in [0.25, 0.3) is 0 Å². The summed E-state index contributed by atoms with van der Waals surface area (Å²) >= 11 is 6.51. The molecule has 4 rings (SSSR count). The zero-order valence-electron chi connectivity index (χ0n) is 16.8. The summed E-state index contributed by atoms with van der Waals surface area (Å²) in [6, 6.07) is 13.8. The Labute approximate surface area is 180 Å². The van der Waals surface area contributed by atoms with Gasteiger partial charge in [0.05, 0.1) is 12.2 Å². The summed E-state index contributed by atoms with van der Waals surface area (Å²) in [4.78, 5) is 12.3. The highest BCUT2D eigenvalue weighted by Crippen LogP contribution is 2.32. The van der Waals surface area contributed by atoms with Gasteiger partial charge in [0.2, 0.25) is 12.7 Å². The first-order chi connectivity index (χ1) is 14.5. The Bertz CT molecular complexity index is 1100. The molecule has 1 aliphatic heterocycles. The van der Waals surface area contributed by atoms with Crippen molar-refractivity contribution >= 4 is 23.6 Å². The molecule has 1 amide bonds. The number of carbonyl (C=O) groups is 1. The third kappa shape index (κ3) is 4.49. The second kappa shape index (κ2) is 8.63. The molecule has 154 valence electrons. The highest BCUT2D eigenvalue weighted by molar-refractivity contribution is 6.31. The van der Waals surface area contributed by atoms with E-state index in [1.165, 1.54) is 11.6 Å². The summed E-state index contributed by atoms with van der Waals surface area (Å²) in [5.74, 6) is 1.20. The lowest BCUT2D eigenvalue weighted by Gasteiger charge is -2.04. The number of fused-ring (bicyclic) bond motifs is 1. The highest BCUT2D eigenvalue weighted by Gasteiger charge is 2.14. The predicted octanol–water partition coefficient (Wildman–Crippen LogP) is 4.26. The monoisotopic (exact) mass is 423 g/mol. The number of halogens is 1. The topological polar surface area (TPSA) is 65.4 Å². The van der Waals surface area contributed by atoms with Crippen molar-refractivity contribution in [1.29, 1.82) is 0 Å². The number of rotatable bonds is 6. The van der Waals surface area contributed by atoms with Gasteiger partial charge in [-0.05, 0) is 43.2 Å². The fourth-order valence-corrected chi connectivity index (χ4v) is 3.48. The molecular formula is C23H22ClN3O3. The summed E-state index contributed by atoms with van der Waals surface area (Å²) in [5.41, 5.74) is 4.76. The molecule has 1 aromatic heterocycles. The van der Waals surface area contributed by atoms with Crippen molar-refractivity contribution in [2.45, 2.75) is 26.9 Å². The fourth-order valence-electron chi connectivity index (χ4n) is 3.19. The predicted molar refractivity (Wildman–Crippen MR) is 116 cm³/mol. The van der Waals surface area contributed by atoms with Gasteiger partial charge in [-0.3, -0.25) is 4.79 Å². The lowest BCUT2D eigenvalue weighted by molar-refractivity contribution is -0.116. The van der Waals surface area contributed by atoms with E-state index in [9.17, 15) is 4.79 Å². The Kier molecular flexibility index (Phi) is 5.77. The molecule has 0 saturated heterocycles. The van der Waals surface area contributed by atoms with Crippen LogP contribution in [0.3, 0.4) is 0 Å². The number of aromatic nitrogens is 2. The molecule has 0 aliphatic carbocycles. The van der Waals surface area contributed by atoms with Gasteiger partial charge in [-0.1, -0.05) is 47.5 Å². The van der Waals surface area contributed by atoms with Crippen LogP contribution in [-0.4, -0.2) is 22.5 Å². The molecule has 2 aromatic carbocycles. The first-order valence-corrected chi connectivity index (χ1v) is 10.0. The molecule has 0 spiro atoms. The quantitative estimate of drug-likeness (QED) is 0.601. The van der Waals surface area contributed by atoms with Crippen molar-refractivity contribution < 1.29 is 14.3 Å². The number of nitrogens with one attached hydrogen (secondary N) is 1. The summed E-state index contributed by atoms with van der Waals surface area (Å²) in [6.07, 6.45) is 3.17. The lowest BCUT2D eigenvalue weighted by atomic mass is 10.1. The van der Waals surface area contributed by atoms with Gasteiger partial charge in [-0.2, -0.15) is 5.10 Å². The van der Waals surface area contributed by atoms with Crippen LogP contribution < -0.4 is 14.8 Å². The Hall–Kier alpha value is -3.25. The number of ether oxygens (including phenoxy) is 2. The molecule has 7 heteroatoms. The van der Waals surface area contributed by atoms with Gasteiger partial charge in [0, 0.05) is 18.2 Å². The minimum absolute atomic E-state index is 0.214. The zero-order valence-corrected chi connectivity index (χ0v) is 17.6. The van der Waals surface area contributed by atoms with E-state index in [2.05, 4.69) is 41.6 Å². The van der Waals surface area contributed by atoms with Crippen LogP contribution in [0.5, 0.6) is 11.5 Å². The Morgan fingerprint density at radius 1 is 1.13 bits per heavy atom. The standard InChI is InChI=1S/C23H22ClN3O3/c1-15-3-5-17(6-4-15)13-27-23(24)19(16(2)26-27)8-10-22(28)25-12-18-7-9-20-21(11-18)30-14-29-20/h3-11H,12-14H2,1-2H3,(H,25,28)/b10-8+. The number of hydrogen-bond donors (Lipinski definition) is 1. The molecule has 0 bridgehead atoms. The molecule has 0 saturated carbocycles. The Morgan fingerprint density at radius 2 is 1.87 bits per heavy atom. The minimum Gasteiger partial charge on any atom is -0.454 e. The van der Waals surface area contributed by atoms with Crippen molar-refractivity contribution in [2.75, 3.05) is 6.79 Å². The number of hydrogen-bond acceptors (Lipinski definition) is 4. The van der Waals surface area contributed by atoms with E-state index >= 15 is 0 Å². The second-order valence-electron chi connectivity index (χ2n) is 7.17. The molecule has 6 nitrogen and oxygen atoms in total. The summed E-state index contributed by atoms with van der Waals surface area (Å²) < 4.78 is 12.4. The van der Waals surface area contributed by atoms with Crippen LogP contribution in [0.25, 0.3) is 6.08 Å². The maximum Gasteiger partial charge on any atom is 0.244 e. The summed E-state index contributed by atoms with van der Waals surface area (Å²) in [7, 11) is 0. The number of benzene rings is 2. The number of nitrogens with zero attached hydrogens (tertiary/aromatic N) is 2. The molecule has 1 N–H and O–H groups in total. The SMILES string of the molecule is Cc1ccc(Cn2nc(C)c(/C=C/C(=O)NCc3ccc4c(c3)OCO4)c2Cl)cc1. The van der Waals surface area contributed by atoms with Crippen LogP contribution in [0.1, 0.15) is 27.9 Å². The van der Waals surface area contributed by atoms with Crippen LogP contribution >= 0.6 is 11.6 Å². The Morgan fingerprint density at radius 3 is 2.67 bits per heavy atom. The van der Waals surface area contributed by atoms with Crippen molar-refractivity contribution in [2.24, 2.45) is 0 Å². The third-order valence-electron chi connectivity index (χ3n) is 4.87. The van der Waals surface area contributed by atoms with E-state index in [1.807, 2.05) is 25.1 Å². The largest absolute Gasteiger partial charge is 0.454 e. The molecule has 2 heterocycles. The molecule has 3 aromatic rings. The first-order valence-electron chi connectivity index (χ1n) is 9.62. The Balaban J connectivity index is 1.38. The van der Waals surface area contributed by atoms with Gasteiger partial charge in [0.1, 0.15) is 5.15 Å². The smallest absolute Gasteiger partial charge is 0.244 e. The maximum absolute atomic E-state index is 12.3. The molecule has 0 unspecified atom stereocenters. The maximum atomic E-state index is 12.3. The third-order valence-corrected chi connectivity index (χ3v) is 5.27. The van der Waals surface area contributed by atoms with E-state index in [-0.39, 0.29) is 12.7 Å². The fraction of sp³-hybridized carbons (Fsp3) is 0.217. The van der Waals surface area contributed by atoms with Crippen LogP contribution in [0.15, 0.2) is 48.5 Å². The zero-order chi connectivity index (χ0) is 21.1. The molecule has 30 heavy (non-hydrogen) atoms. The van der Waals surface area contributed by atoms with Crippen LogP contribution in [0.2, 0.25) is 5.15 Å². The van der Waals surface area contributed by atoms with Gasteiger partial charge in [-0.15, -0.1) is 0 Å². The number of carbonyl (C=O) groups excluding carboxylic acids is 1. The highest BCUT2D eigenvalue weighted by atomic mass is 35.5. The average Bonchev–Trinajstić information content (AvgIpc) is 3.30. The molecule has 0 atom stereocenters. The van der Waals surface area contributed by atoms with Gasteiger partial charge in [0.15, 0.2) is 11.5 Å². The van der Waals surface area contributed by atoms with Crippen molar-refractivity contribution in [3.05, 3.63) is 81.6 Å². The summed E-state index contributed by atoms with van der Waals surface area (Å²) in [5, 5.41) is 7.87. The van der Waals surface area contributed by atoms with Crippen LogP contribution in [0.4, 0.5) is 0 Å². The van der Waals surface area contributed by atoms with Crippen LogP contribution in [-0.2, 0) is 17.9 Å². The van der Waals surface area contributed by atoms with Crippen molar-refractivity contribution in [3.63, 3.8) is 0 Å². The average molecular weight is 424 g/mol. The second-order valence-corrected chi connectivity index (χ2v) is 7.53. The van der Waals surface area contributed by atoms with E-state index in [4.69, 9.17) is 21.1 Å². The summed E-state index contributed by atoms with van der Waals surface area (Å²) in [6.45, 7) is 5.12. The lowest BCUT2D eigenvalue weighted by Crippen LogP contribution is -2.20. The molecule has 0 fully saturated rings. The van der Waals surface area contributed by atoms with Gasteiger partial charge >= 0.3 is 0 Å². The van der Waals surface area contributed by atoms with E-state index in [0.29, 0.717) is 24.0 Å². The minimum atomic E-state index is -0.214. The van der Waals surface area contributed by atoms with Crippen LogP contribution in [0, 0.1) is 13.8 Å². The molecular weight excluding hydrogens is 402 g/mol. The van der Waals surface area contributed by atoms with Crippen molar-refractivity contribution in [3.8, 4) is 11.5 Å². The van der Waals surface area contributed by atoms with Crippen molar-refractivity contribution in [1.82, 2.24) is 15.1 Å². The number of amides is 1. The number of aryl methyl sites for hydroxylation is 2.